The zero-order valence-electron chi connectivity index (χ0n) is 10.6. The largest absolute Gasteiger partial charge is 0.336 e. The Labute approximate surface area is 102 Å². The molecule has 17 heavy (non-hydrogen) atoms. The minimum atomic E-state index is -0.0327. The Hall–Kier alpha value is -1.39. The van der Waals surface area contributed by atoms with E-state index in [1.807, 2.05) is 11.8 Å². The summed E-state index contributed by atoms with van der Waals surface area (Å²) in [6, 6.07) is 0. The average molecular weight is 236 g/mol. The van der Waals surface area contributed by atoms with Gasteiger partial charge in [0.25, 0.3) is 5.91 Å². The van der Waals surface area contributed by atoms with Crippen molar-refractivity contribution >= 4 is 5.91 Å². The number of aromatic nitrogens is 3. The van der Waals surface area contributed by atoms with E-state index in [1.54, 1.807) is 0 Å². The lowest BCUT2D eigenvalue weighted by Crippen LogP contribution is -2.34. The first-order valence-corrected chi connectivity index (χ1v) is 6.45. The zero-order chi connectivity index (χ0) is 12.3. The van der Waals surface area contributed by atoms with Gasteiger partial charge < -0.3 is 4.90 Å². The van der Waals surface area contributed by atoms with Crippen LogP contribution in [0.4, 0.5) is 0 Å². The molecule has 1 aliphatic carbocycles. The molecule has 0 spiro atoms. The van der Waals surface area contributed by atoms with Crippen molar-refractivity contribution in [1.29, 1.82) is 0 Å². The number of rotatable bonds is 6. The minimum absolute atomic E-state index is 0.0327. The molecule has 0 saturated heterocycles. The van der Waals surface area contributed by atoms with Crippen molar-refractivity contribution in [3.05, 3.63) is 11.6 Å². The summed E-state index contributed by atoms with van der Waals surface area (Å²) in [6.07, 6.45) is 4.25. The number of carbonyl (C=O) groups excluding carboxylic acids is 1. The van der Waals surface area contributed by atoms with Crippen LogP contribution < -0.4 is 0 Å². The summed E-state index contributed by atoms with van der Waals surface area (Å²) in [5.41, 5.74) is 0. The van der Waals surface area contributed by atoms with E-state index >= 15 is 0 Å². The van der Waals surface area contributed by atoms with E-state index in [0.29, 0.717) is 11.7 Å². The molecule has 0 radical (unpaired) electrons. The third-order valence-corrected chi connectivity index (χ3v) is 3.01. The van der Waals surface area contributed by atoms with E-state index in [1.165, 1.54) is 12.8 Å². The first kappa shape index (κ1) is 12.1. The fraction of sp³-hybridized carbons (Fsp3) is 0.750. The second-order valence-electron chi connectivity index (χ2n) is 4.65. The Bertz CT molecular complexity index is 384. The van der Waals surface area contributed by atoms with Gasteiger partial charge in [0.05, 0.1) is 0 Å². The van der Waals surface area contributed by atoms with Gasteiger partial charge in [-0.1, -0.05) is 13.8 Å². The van der Waals surface area contributed by atoms with Crippen LogP contribution in [0.15, 0.2) is 0 Å². The molecule has 1 saturated carbocycles. The van der Waals surface area contributed by atoms with Crippen molar-refractivity contribution < 1.29 is 4.79 Å². The van der Waals surface area contributed by atoms with Gasteiger partial charge in [-0.3, -0.25) is 9.89 Å². The molecule has 5 heteroatoms. The Morgan fingerprint density at radius 1 is 1.47 bits per heavy atom. The summed E-state index contributed by atoms with van der Waals surface area (Å²) in [6.45, 7) is 5.74. The molecule has 5 nitrogen and oxygen atoms in total. The van der Waals surface area contributed by atoms with Crippen LogP contribution in [0.5, 0.6) is 0 Å². The molecule has 1 fully saturated rings. The van der Waals surface area contributed by atoms with Crippen LogP contribution in [0.25, 0.3) is 0 Å². The third-order valence-electron chi connectivity index (χ3n) is 3.01. The number of hydrogen-bond acceptors (Lipinski definition) is 3. The fourth-order valence-electron chi connectivity index (χ4n) is 1.85. The summed E-state index contributed by atoms with van der Waals surface area (Å²) in [7, 11) is 0. The lowest BCUT2D eigenvalue weighted by molar-refractivity contribution is 0.0736. The molecular weight excluding hydrogens is 216 g/mol. The molecule has 94 valence electrons. The van der Waals surface area contributed by atoms with Crippen LogP contribution in [0, 0.1) is 5.92 Å². The Morgan fingerprint density at radius 3 is 2.76 bits per heavy atom. The number of aromatic amines is 1. The number of nitrogens with zero attached hydrogens (tertiary/aromatic N) is 3. The van der Waals surface area contributed by atoms with Crippen LogP contribution in [-0.2, 0) is 6.42 Å². The van der Waals surface area contributed by atoms with E-state index < -0.39 is 0 Å². The SMILES string of the molecule is CCCN(CC1CC1)C(=O)c1n[nH]c(CC)n1. The smallest absolute Gasteiger partial charge is 0.293 e. The number of H-pyrrole nitrogens is 1. The summed E-state index contributed by atoms with van der Waals surface area (Å²) in [5.74, 6) is 1.76. The van der Waals surface area contributed by atoms with E-state index in [4.69, 9.17) is 0 Å². The molecule has 1 aromatic heterocycles. The maximum Gasteiger partial charge on any atom is 0.293 e. The molecule has 1 N–H and O–H groups in total. The van der Waals surface area contributed by atoms with Gasteiger partial charge in [0.2, 0.25) is 5.82 Å². The lowest BCUT2D eigenvalue weighted by Gasteiger charge is -2.20. The van der Waals surface area contributed by atoms with Gasteiger partial charge in [0.15, 0.2) is 0 Å². The van der Waals surface area contributed by atoms with Gasteiger partial charge in [0, 0.05) is 19.5 Å². The molecule has 1 aliphatic rings. The number of nitrogens with one attached hydrogen (secondary N) is 1. The highest BCUT2D eigenvalue weighted by Gasteiger charge is 2.28. The van der Waals surface area contributed by atoms with Crippen LogP contribution in [-0.4, -0.2) is 39.1 Å². The Balaban J connectivity index is 2.02. The van der Waals surface area contributed by atoms with Crippen molar-refractivity contribution in [2.45, 2.75) is 39.5 Å². The number of amides is 1. The molecule has 1 aromatic rings. The average Bonchev–Trinajstić information content (AvgIpc) is 3.02. The number of hydrogen-bond donors (Lipinski definition) is 1. The topological polar surface area (TPSA) is 61.9 Å². The van der Waals surface area contributed by atoms with E-state index in [0.717, 1.165) is 31.8 Å². The predicted octanol–water partition coefficient (Wildman–Crippen LogP) is 1.63. The Morgan fingerprint density at radius 2 is 2.24 bits per heavy atom. The van der Waals surface area contributed by atoms with Crippen molar-refractivity contribution in [2.75, 3.05) is 13.1 Å². The minimum Gasteiger partial charge on any atom is -0.336 e. The maximum absolute atomic E-state index is 12.2. The quantitative estimate of drug-likeness (QED) is 0.816. The summed E-state index contributed by atoms with van der Waals surface area (Å²) in [5, 5.41) is 6.78. The number of carbonyl (C=O) groups is 1. The van der Waals surface area contributed by atoms with Gasteiger partial charge in [-0.25, -0.2) is 4.98 Å². The summed E-state index contributed by atoms with van der Waals surface area (Å²) >= 11 is 0. The second kappa shape index (κ2) is 5.29. The highest BCUT2D eigenvalue weighted by atomic mass is 16.2. The van der Waals surface area contributed by atoms with Crippen molar-refractivity contribution in [1.82, 2.24) is 20.1 Å². The van der Waals surface area contributed by atoms with E-state index in [2.05, 4.69) is 22.1 Å². The standard InChI is InChI=1S/C12H20N4O/c1-3-7-16(8-9-5-6-9)12(17)11-13-10(4-2)14-15-11/h9H,3-8H2,1-2H3,(H,13,14,15). The van der Waals surface area contributed by atoms with Gasteiger partial charge in [-0.05, 0) is 25.2 Å². The second-order valence-corrected chi connectivity index (χ2v) is 4.65. The molecule has 0 aromatic carbocycles. The molecule has 2 rings (SSSR count). The normalized spacial score (nSPS) is 14.9. The predicted molar refractivity (Wildman–Crippen MR) is 64.7 cm³/mol. The highest BCUT2D eigenvalue weighted by molar-refractivity contribution is 5.90. The van der Waals surface area contributed by atoms with Gasteiger partial charge >= 0.3 is 0 Å². The van der Waals surface area contributed by atoms with Crippen molar-refractivity contribution in [3.8, 4) is 0 Å². The van der Waals surface area contributed by atoms with Gasteiger partial charge in [0.1, 0.15) is 5.82 Å². The van der Waals surface area contributed by atoms with Crippen molar-refractivity contribution in [3.63, 3.8) is 0 Å². The molecule has 0 unspecified atom stereocenters. The van der Waals surface area contributed by atoms with Crippen LogP contribution in [0.3, 0.4) is 0 Å². The van der Waals surface area contributed by atoms with E-state index in [9.17, 15) is 4.79 Å². The van der Waals surface area contributed by atoms with E-state index in [-0.39, 0.29) is 5.91 Å². The highest BCUT2D eigenvalue weighted by Crippen LogP contribution is 2.30. The molecule has 0 aliphatic heterocycles. The maximum atomic E-state index is 12.2. The number of aryl methyl sites for hydroxylation is 1. The molecule has 1 heterocycles. The molecular formula is C12H20N4O. The fourth-order valence-corrected chi connectivity index (χ4v) is 1.85. The van der Waals surface area contributed by atoms with Crippen LogP contribution in [0.1, 0.15) is 49.6 Å². The zero-order valence-corrected chi connectivity index (χ0v) is 10.6. The first-order chi connectivity index (χ1) is 8.24. The van der Waals surface area contributed by atoms with Crippen molar-refractivity contribution in [2.24, 2.45) is 5.92 Å². The monoisotopic (exact) mass is 236 g/mol. The molecule has 0 atom stereocenters. The van der Waals surface area contributed by atoms with Crippen LogP contribution in [0.2, 0.25) is 0 Å². The molecule has 0 bridgehead atoms. The third kappa shape index (κ3) is 3.05. The van der Waals surface area contributed by atoms with Gasteiger partial charge in [-0.15, -0.1) is 5.10 Å². The Kier molecular flexibility index (Phi) is 3.76. The summed E-state index contributed by atoms with van der Waals surface area (Å²) < 4.78 is 0. The lowest BCUT2D eigenvalue weighted by atomic mass is 10.3. The van der Waals surface area contributed by atoms with Crippen LogP contribution >= 0.6 is 0 Å². The summed E-state index contributed by atoms with van der Waals surface area (Å²) in [4.78, 5) is 18.3. The molecule has 1 amide bonds. The van der Waals surface area contributed by atoms with Gasteiger partial charge in [-0.2, -0.15) is 0 Å². The first-order valence-electron chi connectivity index (χ1n) is 6.45.